The minimum atomic E-state index is -1.89. The van der Waals surface area contributed by atoms with Gasteiger partial charge in [0.25, 0.3) is 0 Å². The number of nitrogens with two attached hydrogens (primary N) is 6. The Labute approximate surface area is 502 Å². The number of aliphatic hydroxyl groups excluding tert-OH is 2. The topological polar surface area (TPSA) is 600 Å². The summed E-state index contributed by atoms with van der Waals surface area (Å²) in [6.45, 7) is 1.64. The van der Waals surface area contributed by atoms with Crippen LogP contribution < -0.4 is 82.3 Å². The Morgan fingerprint density at radius 2 is 0.862 bits per heavy atom. The van der Waals surface area contributed by atoms with Gasteiger partial charge < -0.3 is 108 Å². The summed E-state index contributed by atoms with van der Waals surface area (Å²) in [5.74, 6) is -15.7. The Morgan fingerprint density at radius 3 is 1.32 bits per heavy atom. The molecule has 0 fully saturated rings. The zero-order chi connectivity index (χ0) is 65.8. The van der Waals surface area contributed by atoms with Crippen LogP contribution in [-0.4, -0.2) is 202 Å². The summed E-state index contributed by atoms with van der Waals surface area (Å²) < 4.78 is 0. The van der Waals surface area contributed by atoms with Gasteiger partial charge in [0, 0.05) is 25.8 Å². The van der Waals surface area contributed by atoms with Crippen molar-refractivity contribution < 1.29 is 87.9 Å². The average molecular weight is 1240 g/mol. The van der Waals surface area contributed by atoms with Crippen LogP contribution in [0.25, 0.3) is 0 Å². The highest BCUT2D eigenvalue weighted by Gasteiger charge is 2.36. The molecule has 10 amide bonds. The second kappa shape index (κ2) is 41.5. The molecule has 10 atom stereocenters. The molecule has 0 saturated carbocycles. The Morgan fingerprint density at radius 1 is 0.460 bits per heavy atom. The van der Waals surface area contributed by atoms with Crippen molar-refractivity contribution in [2.45, 2.75) is 171 Å². The number of rotatable bonds is 45. The molecule has 1 rings (SSSR count). The molecule has 0 radical (unpaired) electrons. The number of carbonyl (C=O) groups is 13. The fourth-order valence-electron chi connectivity index (χ4n) is 8.25. The average Bonchev–Trinajstić information content (AvgIpc) is 3.46. The van der Waals surface area contributed by atoms with Crippen molar-refractivity contribution in [2.75, 3.05) is 32.8 Å². The summed E-state index contributed by atoms with van der Waals surface area (Å²) in [4.78, 5) is 175. The van der Waals surface area contributed by atoms with Gasteiger partial charge >= 0.3 is 17.9 Å². The fourth-order valence-corrected chi connectivity index (χ4v) is 8.25. The first kappa shape index (κ1) is 76.4. The number of primary amides is 1. The zero-order valence-corrected chi connectivity index (χ0v) is 48.8. The van der Waals surface area contributed by atoms with Crippen molar-refractivity contribution in [2.24, 2.45) is 45.3 Å². The van der Waals surface area contributed by atoms with E-state index in [-0.39, 0.29) is 82.9 Å². The van der Waals surface area contributed by atoms with Crippen LogP contribution >= 0.6 is 0 Å². The van der Waals surface area contributed by atoms with E-state index in [4.69, 9.17) is 34.4 Å². The Bertz CT molecular complexity index is 2490. The van der Waals surface area contributed by atoms with Gasteiger partial charge in [0.2, 0.25) is 59.1 Å². The largest absolute Gasteiger partial charge is 0.481 e. The summed E-state index contributed by atoms with van der Waals surface area (Å²) in [5, 5.41) is 70.3. The number of hydrogen-bond donors (Lipinski definition) is 20. The van der Waals surface area contributed by atoms with Crippen LogP contribution in [0.3, 0.4) is 0 Å². The van der Waals surface area contributed by atoms with Crippen molar-refractivity contribution in [3.63, 3.8) is 0 Å². The van der Waals surface area contributed by atoms with Crippen LogP contribution in [0.2, 0.25) is 0 Å². The summed E-state index contributed by atoms with van der Waals surface area (Å²) >= 11 is 0. The first-order valence-electron chi connectivity index (χ1n) is 28.2. The molecule has 0 aliphatic carbocycles. The van der Waals surface area contributed by atoms with Gasteiger partial charge in [-0.2, -0.15) is 0 Å². The number of carboxylic acids is 3. The number of aliphatic carboxylic acids is 3. The SMILES string of the molecule is CC(C)C[C@H](NC(=O)[C@H](CCCCN)NC(=O)[C@H](CO)NC(=O)[C@H](CCC(N)=O)NC(=O)[C@H](CCC(=O)O)NC(=O)[C@@H](N)CCCN=C(N)N)C(=O)N[C@@H](Cc1ccccc1)C(=O)N[C@@H](CO)C(=O)N[C@@H](CC(=O)O)C(=O)N[C@@H](CCCCN)C(=O)O. The van der Waals surface area contributed by atoms with Gasteiger partial charge in [0.1, 0.15) is 54.4 Å². The number of aliphatic imine (C=N–C) groups is 1. The normalized spacial score (nSPS) is 14.4. The van der Waals surface area contributed by atoms with Gasteiger partial charge in [0.15, 0.2) is 5.96 Å². The smallest absolute Gasteiger partial charge is 0.326 e. The Balaban J connectivity index is 3.51. The first-order chi connectivity index (χ1) is 41.1. The Kier molecular flexibility index (Phi) is 36.4. The molecule has 488 valence electrons. The van der Waals surface area contributed by atoms with Crippen LogP contribution in [0.5, 0.6) is 0 Å². The number of nitrogens with one attached hydrogen (secondary N) is 9. The molecule has 34 nitrogen and oxygen atoms in total. The molecule has 0 unspecified atom stereocenters. The summed E-state index contributed by atoms with van der Waals surface area (Å²) in [6.07, 6.45) is -2.27. The highest BCUT2D eigenvalue weighted by Crippen LogP contribution is 2.12. The predicted molar refractivity (Wildman–Crippen MR) is 310 cm³/mol. The van der Waals surface area contributed by atoms with E-state index in [1.165, 1.54) is 0 Å². The number of unbranched alkanes of at least 4 members (excludes halogenated alkanes) is 2. The second-order valence-corrected chi connectivity index (χ2v) is 20.7. The molecule has 0 bridgehead atoms. The molecule has 0 saturated heterocycles. The third-order valence-corrected chi connectivity index (χ3v) is 12.9. The van der Waals surface area contributed by atoms with Crippen molar-refractivity contribution in [1.29, 1.82) is 0 Å². The highest BCUT2D eigenvalue weighted by molar-refractivity contribution is 5.99. The number of carboxylic acid groups (broad SMARTS) is 3. The highest BCUT2D eigenvalue weighted by atomic mass is 16.4. The van der Waals surface area contributed by atoms with Gasteiger partial charge in [-0.3, -0.25) is 62.5 Å². The number of guanidine groups is 1. The fraction of sp³-hybridized carbons (Fsp3) is 0.623. The van der Waals surface area contributed by atoms with E-state index in [0.29, 0.717) is 18.4 Å². The van der Waals surface area contributed by atoms with E-state index in [1.54, 1.807) is 44.2 Å². The molecule has 0 heterocycles. The quantitative estimate of drug-likeness (QED) is 0.0164. The van der Waals surface area contributed by atoms with E-state index in [9.17, 15) is 87.9 Å². The molecular weight excluding hydrogens is 1150 g/mol. The molecular formula is C53H88N16O18. The molecule has 0 aliphatic rings. The third-order valence-electron chi connectivity index (χ3n) is 12.9. The molecule has 0 spiro atoms. The maximum Gasteiger partial charge on any atom is 0.326 e. The van der Waals surface area contributed by atoms with E-state index in [0.717, 1.165) is 0 Å². The molecule has 87 heavy (non-hydrogen) atoms. The van der Waals surface area contributed by atoms with Gasteiger partial charge in [-0.15, -0.1) is 0 Å². The van der Waals surface area contributed by atoms with Crippen LogP contribution in [0, 0.1) is 5.92 Å². The number of amides is 10. The minimum absolute atomic E-state index is 0.0360. The molecule has 0 aliphatic heterocycles. The van der Waals surface area contributed by atoms with Crippen LogP contribution in [0.1, 0.15) is 109 Å². The number of nitrogens with zero attached hydrogens (tertiary/aromatic N) is 1. The first-order valence-corrected chi connectivity index (χ1v) is 28.2. The summed E-state index contributed by atoms with van der Waals surface area (Å²) in [5.41, 5.74) is 33.6. The van der Waals surface area contributed by atoms with E-state index < -0.39 is 183 Å². The van der Waals surface area contributed by atoms with Crippen molar-refractivity contribution in [3.8, 4) is 0 Å². The van der Waals surface area contributed by atoms with Crippen molar-refractivity contribution in [1.82, 2.24) is 47.9 Å². The van der Waals surface area contributed by atoms with E-state index in [1.807, 2.05) is 0 Å². The molecule has 1 aromatic rings. The predicted octanol–water partition coefficient (Wildman–Crippen LogP) is -7.05. The summed E-state index contributed by atoms with van der Waals surface area (Å²) in [6, 6.07) is -8.12. The number of aliphatic hydroxyl groups is 2. The molecule has 0 aromatic heterocycles. The van der Waals surface area contributed by atoms with Gasteiger partial charge in [-0.1, -0.05) is 44.2 Å². The lowest BCUT2D eigenvalue weighted by atomic mass is 10.00. The van der Waals surface area contributed by atoms with Gasteiger partial charge in [0.05, 0.1) is 25.7 Å². The maximum absolute atomic E-state index is 14.3. The van der Waals surface area contributed by atoms with Crippen LogP contribution in [0.15, 0.2) is 35.3 Å². The lowest BCUT2D eigenvalue weighted by Gasteiger charge is -2.28. The third kappa shape index (κ3) is 31.4. The van der Waals surface area contributed by atoms with Crippen LogP contribution in [-0.2, 0) is 68.7 Å². The second-order valence-electron chi connectivity index (χ2n) is 20.7. The minimum Gasteiger partial charge on any atom is -0.481 e. The molecule has 1 aromatic carbocycles. The maximum atomic E-state index is 14.3. The van der Waals surface area contributed by atoms with Crippen molar-refractivity contribution in [3.05, 3.63) is 35.9 Å². The number of hydrogen-bond acceptors (Lipinski definition) is 19. The van der Waals surface area contributed by atoms with Crippen LogP contribution in [0.4, 0.5) is 0 Å². The van der Waals surface area contributed by atoms with Crippen molar-refractivity contribution >= 4 is 82.9 Å². The number of carbonyl (C=O) groups excluding carboxylic acids is 10. The van der Waals surface area contributed by atoms with E-state index >= 15 is 0 Å². The molecule has 34 heteroatoms. The Hall–Kier alpha value is -8.60. The zero-order valence-electron chi connectivity index (χ0n) is 48.8. The molecule has 26 N–H and O–H groups in total. The van der Waals surface area contributed by atoms with Gasteiger partial charge in [-0.05, 0) is 95.2 Å². The van der Waals surface area contributed by atoms with Gasteiger partial charge in [-0.25, -0.2) is 4.79 Å². The standard InChI is InChI=1S/C53H88N16O18/c1-28(2)23-35(47(81)66-36(24-29-11-4-3-5-12-29)48(82)69-39(27-71)51(85)67-37(25-42(75)76)49(83)64-34(52(86)87)15-7-9-21-55)65-44(78)31(14-6-8-20-54)62-50(84)38(26-70)68-46(80)32(16-18-40(57)72)63-45(79)33(17-19-41(73)74)61-43(77)30(56)13-10-22-60-53(58)59/h3-5,11-12,28,30-39,70-71H,6-10,13-27,54-56H2,1-2H3,(H2,57,72)(H,61,77)(H,62,84)(H,63,79)(H,64,83)(H,65,78)(H,66,81)(H,67,85)(H,68,80)(H,69,82)(H,73,74)(H,75,76)(H,86,87)(H4,58,59,60)/t30-,31-,32-,33-,34-,35-,36-,37-,38-,39-/m0/s1. The summed E-state index contributed by atoms with van der Waals surface area (Å²) in [7, 11) is 0. The lowest BCUT2D eigenvalue weighted by Crippen LogP contribution is -2.61. The lowest BCUT2D eigenvalue weighted by molar-refractivity contribution is -0.144. The van der Waals surface area contributed by atoms with E-state index in [2.05, 4.69) is 52.8 Å². The number of benzene rings is 1. The monoisotopic (exact) mass is 1240 g/mol.